The number of hydrogen-bond donors (Lipinski definition) is 2. The standard InChI is InChI=1S/C26H31N5O5/c1-35-22-10-6-18(7-11-22)15-30(16-19-8-12-23(36-2)13-9-19)26-24(31(33)34)25(27-17-28-26)29-20-4-3-5-21(32)14-20/h6-13,17,20-21,32H,3-5,14-16H2,1-2H3,(H,27,28,29). The van der Waals surface area contributed by atoms with Crippen molar-refractivity contribution in [2.45, 2.75) is 50.9 Å². The van der Waals surface area contributed by atoms with Gasteiger partial charge >= 0.3 is 5.69 Å². The molecule has 2 aromatic carbocycles. The van der Waals surface area contributed by atoms with Crippen LogP contribution in [0.5, 0.6) is 11.5 Å². The molecule has 10 heteroatoms. The number of aliphatic hydroxyl groups is 1. The fourth-order valence-electron chi connectivity index (χ4n) is 4.47. The molecule has 1 aromatic heterocycles. The number of aromatic nitrogens is 2. The molecular formula is C26H31N5O5. The second kappa shape index (κ2) is 11.7. The van der Waals surface area contributed by atoms with Gasteiger partial charge in [0.2, 0.25) is 11.6 Å². The molecule has 1 saturated carbocycles. The molecule has 1 aliphatic carbocycles. The van der Waals surface area contributed by atoms with Crippen LogP contribution in [0.3, 0.4) is 0 Å². The Bertz CT molecular complexity index is 1110. The zero-order chi connectivity index (χ0) is 25.5. The van der Waals surface area contributed by atoms with Gasteiger partial charge in [-0.25, -0.2) is 9.97 Å². The van der Waals surface area contributed by atoms with Crippen LogP contribution in [0.4, 0.5) is 17.3 Å². The highest BCUT2D eigenvalue weighted by Gasteiger charge is 2.30. The van der Waals surface area contributed by atoms with Gasteiger partial charge in [-0.2, -0.15) is 0 Å². The number of aliphatic hydroxyl groups excluding tert-OH is 1. The second-order valence-electron chi connectivity index (χ2n) is 8.87. The molecule has 0 radical (unpaired) electrons. The van der Waals surface area contributed by atoms with Gasteiger partial charge in [0.1, 0.15) is 17.8 Å². The van der Waals surface area contributed by atoms with Crippen molar-refractivity contribution in [3.05, 3.63) is 76.1 Å². The first-order valence-electron chi connectivity index (χ1n) is 11.9. The molecule has 2 atom stereocenters. The third kappa shape index (κ3) is 6.19. The van der Waals surface area contributed by atoms with Crippen LogP contribution < -0.4 is 19.7 Å². The summed E-state index contributed by atoms with van der Waals surface area (Å²) in [5.74, 6) is 1.85. The summed E-state index contributed by atoms with van der Waals surface area (Å²) in [5.41, 5.74) is 1.71. The Kier molecular flexibility index (Phi) is 8.17. The lowest BCUT2D eigenvalue weighted by Crippen LogP contribution is -2.31. The van der Waals surface area contributed by atoms with Gasteiger partial charge in [-0.1, -0.05) is 24.3 Å². The van der Waals surface area contributed by atoms with E-state index in [2.05, 4.69) is 15.3 Å². The summed E-state index contributed by atoms with van der Waals surface area (Å²) in [6, 6.07) is 15.0. The Morgan fingerprint density at radius 3 is 2.08 bits per heavy atom. The summed E-state index contributed by atoms with van der Waals surface area (Å²) in [6.07, 6.45) is 3.86. The van der Waals surface area contributed by atoms with Crippen LogP contribution in [-0.2, 0) is 13.1 Å². The van der Waals surface area contributed by atoms with E-state index in [0.717, 1.165) is 41.9 Å². The summed E-state index contributed by atoms with van der Waals surface area (Å²) < 4.78 is 10.5. The van der Waals surface area contributed by atoms with Crippen molar-refractivity contribution >= 4 is 17.3 Å². The summed E-state index contributed by atoms with van der Waals surface area (Å²) in [5, 5.41) is 25.6. The Balaban J connectivity index is 1.69. The molecule has 3 aromatic rings. The highest BCUT2D eigenvalue weighted by atomic mass is 16.6. The molecular weight excluding hydrogens is 462 g/mol. The van der Waals surface area contributed by atoms with Crippen LogP contribution in [0, 0.1) is 10.1 Å². The minimum Gasteiger partial charge on any atom is -0.497 e. The van der Waals surface area contributed by atoms with Crippen molar-refractivity contribution < 1.29 is 19.5 Å². The summed E-state index contributed by atoms with van der Waals surface area (Å²) in [7, 11) is 3.21. The van der Waals surface area contributed by atoms with Crippen molar-refractivity contribution in [2.24, 2.45) is 0 Å². The van der Waals surface area contributed by atoms with Gasteiger partial charge in [-0.05, 0) is 61.1 Å². The zero-order valence-corrected chi connectivity index (χ0v) is 20.5. The molecule has 4 rings (SSSR count). The van der Waals surface area contributed by atoms with E-state index in [1.54, 1.807) is 14.2 Å². The molecule has 0 amide bonds. The van der Waals surface area contributed by atoms with Gasteiger partial charge < -0.3 is 24.8 Å². The van der Waals surface area contributed by atoms with E-state index >= 15 is 0 Å². The molecule has 1 fully saturated rings. The van der Waals surface area contributed by atoms with E-state index in [0.29, 0.717) is 19.5 Å². The first-order valence-corrected chi connectivity index (χ1v) is 11.9. The maximum atomic E-state index is 12.3. The fraction of sp³-hybridized carbons (Fsp3) is 0.385. The average Bonchev–Trinajstić information content (AvgIpc) is 2.89. The number of benzene rings is 2. The SMILES string of the molecule is COc1ccc(CN(Cc2ccc(OC)cc2)c2ncnc(NC3CCCC(O)C3)c2[N+](=O)[O-])cc1. The highest BCUT2D eigenvalue weighted by molar-refractivity contribution is 5.70. The summed E-state index contributed by atoms with van der Waals surface area (Å²) >= 11 is 0. The highest BCUT2D eigenvalue weighted by Crippen LogP contribution is 2.35. The van der Waals surface area contributed by atoms with E-state index in [9.17, 15) is 15.2 Å². The van der Waals surface area contributed by atoms with Crippen molar-refractivity contribution in [1.82, 2.24) is 9.97 Å². The lowest BCUT2D eigenvalue weighted by atomic mass is 9.93. The topological polar surface area (TPSA) is 123 Å². The average molecular weight is 494 g/mol. The minimum absolute atomic E-state index is 0.0909. The molecule has 190 valence electrons. The van der Waals surface area contributed by atoms with Crippen LogP contribution in [0.25, 0.3) is 0 Å². The number of nitrogens with zero attached hydrogens (tertiary/aromatic N) is 4. The Labute approximate surface area is 210 Å². The number of anilines is 2. The second-order valence-corrected chi connectivity index (χ2v) is 8.87. The molecule has 0 bridgehead atoms. The van der Waals surface area contributed by atoms with E-state index in [1.807, 2.05) is 53.4 Å². The monoisotopic (exact) mass is 493 g/mol. The normalized spacial score (nSPS) is 17.3. The third-order valence-electron chi connectivity index (χ3n) is 6.34. The van der Waals surface area contributed by atoms with E-state index in [1.165, 1.54) is 6.33 Å². The van der Waals surface area contributed by atoms with Crippen molar-refractivity contribution in [3.63, 3.8) is 0 Å². The van der Waals surface area contributed by atoms with E-state index < -0.39 is 11.0 Å². The molecule has 10 nitrogen and oxygen atoms in total. The number of methoxy groups -OCH3 is 2. The van der Waals surface area contributed by atoms with Gasteiger partial charge in [-0.3, -0.25) is 10.1 Å². The largest absolute Gasteiger partial charge is 0.497 e. The van der Waals surface area contributed by atoms with Gasteiger partial charge in [0, 0.05) is 19.1 Å². The number of hydrogen-bond acceptors (Lipinski definition) is 9. The predicted molar refractivity (Wildman–Crippen MR) is 136 cm³/mol. The molecule has 1 aliphatic rings. The van der Waals surface area contributed by atoms with Crippen LogP contribution in [-0.4, -0.2) is 46.4 Å². The lowest BCUT2D eigenvalue weighted by Gasteiger charge is -2.28. The van der Waals surface area contributed by atoms with E-state index in [-0.39, 0.29) is 23.4 Å². The van der Waals surface area contributed by atoms with Gasteiger partial charge in [-0.15, -0.1) is 0 Å². The Morgan fingerprint density at radius 2 is 1.58 bits per heavy atom. The molecule has 2 N–H and O–H groups in total. The number of rotatable bonds is 10. The first kappa shape index (κ1) is 25.2. The molecule has 0 saturated heterocycles. The number of nitro groups is 1. The Hall–Kier alpha value is -3.92. The first-order chi connectivity index (χ1) is 17.5. The molecule has 0 spiro atoms. The predicted octanol–water partition coefficient (Wildman–Crippen LogP) is 4.32. The quantitative estimate of drug-likeness (QED) is 0.314. The molecule has 36 heavy (non-hydrogen) atoms. The Morgan fingerprint density at radius 1 is 1.00 bits per heavy atom. The van der Waals surface area contributed by atoms with E-state index in [4.69, 9.17) is 9.47 Å². The fourth-order valence-corrected chi connectivity index (χ4v) is 4.47. The third-order valence-corrected chi connectivity index (χ3v) is 6.34. The molecule has 1 heterocycles. The number of ether oxygens (including phenoxy) is 2. The van der Waals surface area contributed by atoms with Crippen LogP contribution in [0.15, 0.2) is 54.9 Å². The van der Waals surface area contributed by atoms with Gasteiger partial charge in [0.25, 0.3) is 0 Å². The van der Waals surface area contributed by atoms with Crippen LogP contribution in [0.1, 0.15) is 36.8 Å². The molecule has 2 unspecified atom stereocenters. The van der Waals surface area contributed by atoms with Crippen molar-refractivity contribution in [3.8, 4) is 11.5 Å². The van der Waals surface area contributed by atoms with Crippen LogP contribution in [0.2, 0.25) is 0 Å². The maximum absolute atomic E-state index is 12.3. The molecule has 0 aliphatic heterocycles. The van der Waals surface area contributed by atoms with Gasteiger partial charge in [0.15, 0.2) is 0 Å². The zero-order valence-electron chi connectivity index (χ0n) is 20.5. The maximum Gasteiger partial charge on any atom is 0.353 e. The van der Waals surface area contributed by atoms with Crippen molar-refractivity contribution in [1.29, 1.82) is 0 Å². The van der Waals surface area contributed by atoms with Gasteiger partial charge in [0.05, 0.1) is 25.2 Å². The summed E-state index contributed by atoms with van der Waals surface area (Å²) in [6.45, 7) is 0.769. The van der Waals surface area contributed by atoms with Crippen molar-refractivity contribution in [2.75, 3.05) is 24.4 Å². The van der Waals surface area contributed by atoms with Crippen LogP contribution >= 0.6 is 0 Å². The smallest absolute Gasteiger partial charge is 0.353 e. The minimum atomic E-state index is -0.439. The lowest BCUT2D eigenvalue weighted by molar-refractivity contribution is -0.383. The summed E-state index contributed by atoms with van der Waals surface area (Å²) in [4.78, 5) is 22.3. The number of nitrogens with one attached hydrogen (secondary N) is 1.